The zero-order chi connectivity index (χ0) is 13.9. The molecule has 3 rings (SSSR count). The topological polar surface area (TPSA) is 20.3 Å². The molecule has 108 valence electrons. The SMILES string of the molecule is CC1Cc2ccccc2N(CC2CCCCCC2=O)C1. The third kappa shape index (κ3) is 2.89. The van der Waals surface area contributed by atoms with E-state index in [2.05, 4.69) is 36.1 Å². The summed E-state index contributed by atoms with van der Waals surface area (Å²) in [5, 5.41) is 0. The number of benzene rings is 1. The molecule has 0 saturated heterocycles. The maximum atomic E-state index is 12.3. The predicted molar refractivity (Wildman–Crippen MR) is 83.1 cm³/mol. The van der Waals surface area contributed by atoms with Gasteiger partial charge in [0.15, 0.2) is 0 Å². The van der Waals surface area contributed by atoms with Crippen molar-refractivity contribution in [2.45, 2.75) is 45.4 Å². The van der Waals surface area contributed by atoms with Gasteiger partial charge in [0.1, 0.15) is 5.78 Å². The van der Waals surface area contributed by atoms with Crippen LogP contribution in [0.25, 0.3) is 0 Å². The van der Waals surface area contributed by atoms with Gasteiger partial charge >= 0.3 is 0 Å². The number of carbonyl (C=O) groups is 1. The second kappa shape index (κ2) is 5.99. The number of hydrogen-bond donors (Lipinski definition) is 0. The third-order valence-electron chi connectivity index (χ3n) is 4.80. The van der Waals surface area contributed by atoms with E-state index in [4.69, 9.17) is 0 Å². The quantitative estimate of drug-likeness (QED) is 0.762. The summed E-state index contributed by atoms with van der Waals surface area (Å²) in [5.74, 6) is 1.44. The van der Waals surface area contributed by atoms with Gasteiger partial charge in [-0.2, -0.15) is 0 Å². The lowest BCUT2D eigenvalue weighted by Gasteiger charge is -2.36. The average Bonchev–Trinajstić information content (AvgIpc) is 2.64. The maximum absolute atomic E-state index is 12.3. The predicted octanol–water partition coefficient (Wildman–Crippen LogP) is 3.83. The van der Waals surface area contributed by atoms with Crippen LogP contribution >= 0.6 is 0 Å². The molecular formula is C18H25NO. The first-order valence-electron chi connectivity index (χ1n) is 8.09. The Hall–Kier alpha value is -1.31. The number of Topliss-reactive ketones (excluding diaryl/α,β-unsaturated/α-hetero) is 1. The highest BCUT2D eigenvalue weighted by atomic mass is 16.1. The molecule has 1 saturated carbocycles. The molecule has 1 aliphatic heterocycles. The number of carbonyl (C=O) groups excluding carboxylic acids is 1. The molecule has 0 radical (unpaired) electrons. The largest absolute Gasteiger partial charge is 0.370 e. The van der Waals surface area contributed by atoms with Crippen LogP contribution in [0, 0.1) is 11.8 Å². The first-order chi connectivity index (χ1) is 9.74. The molecule has 1 heterocycles. The van der Waals surface area contributed by atoms with Gasteiger partial charge in [0.05, 0.1) is 0 Å². The molecule has 1 fully saturated rings. The maximum Gasteiger partial charge on any atom is 0.137 e. The molecule has 2 aliphatic rings. The van der Waals surface area contributed by atoms with Crippen LogP contribution < -0.4 is 4.90 Å². The minimum atomic E-state index is 0.260. The van der Waals surface area contributed by atoms with Crippen LogP contribution in [0.4, 0.5) is 5.69 Å². The van der Waals surface area contributed by atoms with Crippen molar-refractivity contribution in [3.8, 4) is 0 Å². The minimum Gasteiger partial charge on any atom is -0.370 e. The van der Waals surface area contributed by atoms with Crippen LogP contribution in [0.5, 0.6) is 0 Å². The number of nitrogens with zero attached hydrogens (tertiary/aromatic N) is 1. The van der Waals surface area contributed by atoms with Crippen LogP contribution in [0.15, 0.2) is 24.3 Å². The second-order valence-corrected chi connectivity index (χ2v) is 6.61. The van der Waals surface area contributed by atoms with Gasteiger partial charge in [0.25, 0.3) is 0 Å². The molecule has 1 aromatic rings. The molecule has 0 N–H and O–H groups in total. The zero-order valence-corrected chi connectivity index (χ0v) is 12.5. The van der Waals surface area contributed by atoms with Crippen molar-refractivity contribution in [3.05, 3.63) is 29.8 Å². The standard InChI is InChI=1S/C18H25NO/c1-14-11-15-7-5-6-9-17(15)19(12-14)13-16-8-3-2-4-10-18(16)20/h5-7,9,14,16H,2-4,8,10-13H2,1H3. The number of hydrogen-bond acceptors (Lipinski definition) is 2. The van der Waals surface area contributed by atoms with Gasteiger partial charge in [-0.25, -0.2) is 0 Å². The Labute approximate surface area is 122 Å². The van der Waals surface area contributed by atoms with Crippen LogP contribution in [0.2, 0.25) is 0 Å². The first kappa shape index (κ1) is 13.7. The van der Waals surface area contributed by atoms with Gasteiger partial charge in [-0.15, -0.1) is 0 Å². The summed E-state index contributed by atoms with van der Waals surface area (Å²) in [4.78, 5) is 14.7. The summed E-state index contributed by atoms with van der Waals surface area (Å²) < 4.78 is 0. The molecule has 2 heteroatoms. The molecule has 0 aromatic heterocycles. The Morgan fingerprint density at radius 2 is 2.05 bits per heavy atom. The number of rotatable bonds is 2. The summed E-state index contributed by atoms with van der Waals surface area (Å²) in [6.45, 7) is 4.35. The van der Waals surface area contributed by atoms with Crippen LogP contribution in [0.1, 0.15) is 44.6 Å². The Morgan fingerprint density at radius 3 is 2.95 bits per heavy atom. The fourth-order valence-electron chi connectivity index (χ4n) is 3.77. The molecule has 2 nitrogen and oxygen atoms in total. The van der Waals surface area contributed by atoms with E-state index < -0.39 is 0 Å². The van der Waals surface area contributed by atoms with Crippen molar-refractivity contribution in [1.82, 2.24) is 0 Å². The normalized spacial score (nSPS) is 27.1. The van der Waals surface area contributed by atoms with E-state index in [0.29, 0.717) is 11.7 Å². The van der Waals surface area contributed by atoms with Gasteiger partial charge in [-0.3, -0.25) is 4.79 Å². The average molecular weight is 271 g/mol. The fraction of sp³-hybridized carbons (Fsp3) is 0.611. The van der Waals surface area contributed by atoms with Crippen molar-refractivity contribution in [2.24, 2.45) is 11.8 Å². The summed E-state index contributed by atoms with van der Waals surface area (Å²) in [6.07, 6.45) is 6.62. The lowest BCUT2D eigenvalue weighted by molar-refractivity contribution is -0.122. The van der Waals surface area contributed by atoms with Crippen molar-refractivity contribution in [1.29, 1.82) is 0 Å². The fourth-order valence-corrected chi connectivity index (χ4v) is 3.77. The molecule has 0 spiro atoms. The van der Waals surface area contributed by atoms with E-state index in [1.54, 1.807) is 0 Å². The van der Waals surface area contributed by atoms with Gasteiger partial charge in [0.2, 0.25) is 0 Å². The number of ketones is 1. The zero-order valence-electron chi connectivity index (χ0n) is 12.5. The minimum absolute atomic E-state index is 0.260. The van der Waals surface area contributed by atoms with Gasteiger partial charge < -0.3 is 4.90 Å². The number of fused-ring (bicyclic) bond motifs is 1. The van der Waals surface area contributed by atoms with Gasteiger partial charge in [-0.1, -0.05) is 38.0 Å². The molecule has 0 bridgehead atoms. The monoisotopic (exact) mass is 271 g/mol. The molecule has 2 atom stereocenters. The van der Waals surface area contributed by atoms with E-state index in [9.17, 15) is 4.79 Å². The highest BCUT2D eigenvalue weighted by Gasteiger charge is 2.27. The van der Waals surface area contributed by atoms with Crippen LogP contribution in [0.3, 0.4) is 0 Å². The van der Waals surface area contributed by atoms with Crippen LogP contribution in [-0.4, -0.2) is 18.9 Å². The summed E-state index contributed by atoms with van der Waals surface area (Å²) in [7, 11) is 0. The molecule has 1 aliphatic carbocycles. The summed E-state index contributed by atoms with van der Waals surface area (Å²) in [6, 6.07) is 8.72. The molecule has 0 amide bonds. The lowest BCUT2D eigenvalue weighted by atomic mass is 9.91. The van der Waals surface area contributed by atoms with E-state index in [-0.39, 0.29) is 5.92 Å². The first-order valence-corrected chi connectivity index (χ1v) is 8.09. The Kier molecular flexibility index (Phi) is 4.09. The van der Waals surface area contributed by atoms with Crippen molar-refractivity contribution in [3.63, 3.8) is 0 Å². The molecule has 1 aromatic carbocycles. The van der Waals surface area contributed by atoms with Crippen molar-refractivity contribution in [2.75, 3.05) is 18.0 Å². The summed E-state index contributed by atoms with van der Waals surface area (Å²) in [5.41, 5.74) is 2.81. The van der Waals surface area contributed by atoms with Crippen LogP contribution in [-0.2, 0) is 11.2 Å². The number of para-hydroxylation sites is 1. The third-order valence-corrected chi connectivity index (χ3v) is 4.80. The van der Waals surface area contributed by atoms with E-state index in [0.717, 1.165) is 32.4 Å². The van der Waals surface area contributed by atoms with Crippen molar-refractivity contribution < 1.29 is 4.79 Å². The highest BCUT2D eigenvalue weighted by molar-refractivity contribution is 5.82. The molecule has 20 heavy (non-hydrogen) atoms. The van der Waals surface area contributed by atoms with Crippen molar-refractivity contribution >= 4 is 11.5 Å². The van der Waals surface area contributed by atoms with E-state index in [1.807, 2.05) is 0 Å². The second-order valence-electron chi connectivity index (χ2n) is 6.61. The molecule has 2 unspecified atom stereocenters. The Balaban J connectivity index is 1.78. The van der Waals surface area contributed by atoms with Gasteiger partial charge in [-0.05, 0) is 36.8 Å². The molecular weight excluding hydrogens is 246 g/mol. The number of anilines is 1. The Bertz CT molecular complexity index is 482. The van der Waals surface area contributed by atoms with Gasteiger partial charge in [0, 0.05) is 31.1 Å². The highest BCUT2D eigenvalue weighted by Crippen LogP contribution is 2.31. The van der Waals surface area contributed by atoms with E-state index >= 15 is 0 Å². The van der Waals surface area contributed by atoms with E-state index in [1.165, 1.54) is 30.5 Å². The smallest absolute Gasteiger partial charge is 0.137 e. The Morgan fingerprint density at radius 1 is 1.20 bits per heavy atom. The summed E-state index contributed by atoms with van der Waals surface area (Å²) >= 11 is 0. The lowest BCUT2D eigenvalue weighted by Crippen LogP contribution is -2.39.